The summed E-state index contributed by atoms with van der Waals surface area (Å²) < 4.78 is 0. The van der Waals surface area contributed by atoms with Gasteiger partial charge in [-0.15, -0.1) is 0 Å². The molecule has 7 nitrogen and oxygen atoms in total. The van der Waals surface area contributed by atoms with Gasteiger partial charge in [0.05, 0.1) is 11.3 Å². The van der Waals surface area contributed by atoms with Gasteiger partial charge >= 0.3 is 0 Å². The number of Topliss-reactive ketones (excluding diaryl/α,β-unsaturated/α-hetero) is 1. The Labute approximate surface area is 167 Å². The second kappa shape index (κ2) is 9.15. The third-order valence-electron chi connectivity index (χ3n) is 3.84. The molecule has 1 N–H and O–H groups in total. The van der Waals surface area contributed by atoms with Gasteiger partial charge in [-0.1, -0.05) is 11.8 Å². The van der Waals surface area contributed by atoms with Gasteiger partial charge in [-0.3, -0.25) is 14.4 Å². The molecule has 0 spiro atoms. The molecule has 8 heteroatoms. The van der Waals surface area contributed by atoms with Gasteiger partial charge in [0.1, 0.15) is 11.1 Å². The van der Waals surface area contributed by atoms with Crippen molar-refractivity contribution in [2.75, 3.05) is 25.2 Å². The Balaban J connectivity index is 2.03. The summed E-state index contributed by atoms with van der Waals surface area (Å²) in [5.74, 6) is -0.491. The number of hydrogen-bond acceptors (Lipinski definition) is 6. The number of amides is 2. The van der Waals surface area contributed by atoms with Gasteiger partial charge in [0, 0.05) is 36.6 Å². The molecular formula is C20H20N4O3S. The second-order valence-electron chi connectivity index (χ2n) is 6.26. The minimum absolute atomic E-state index is 0.0545. The number of thioether (sulfide) groups is 1. The largest absolute Gasteiger partial charge is 0.345 e. The number of carbonyl (C=O) groups excluding carboxylic acids is 3. The Morgan fingerprint density at radius 2 is 1.86 bits per heavy atom. The SMILES string of the molecule is CC(=O)c1cc(C#N)c(SCC(=O)Nc2ccc(C(=O)N(C)C)cc2)nc1C. The number of aryl methyl sites for hydroxylation is 1. The smallest absolute Gasteiger partial charge is 0.253 e. The molecule has 2 aromatic rings. The molecule has 1 aromatic heterocycles. The summed E-state index contributed by atoms with van der Waals surface area (Å²) in [7, 11) is 3.34. The maximum atomic E-state index is 12.2. The zero-order valence-electron chi connectivity index (χ0n) is 16.1. The number of benzene rings is 1. The van der Waals surface area contributed by atoms with Crippen LogP contribution in [0.4, 0.5) is 5.69 Å². The van der Waals surface area contributed by atoms with E-state index in [1.54, 1.807) is 45.3 Å². The normalized spacial score (nSPS) is 10.1. The van der Waals surface area contributed by atoms with Gasteiger partial charge in [0.25, 0.3) is 5.91 Å². The highest BCUT2D eigenvalue weighted by Gasteiger charge is 2.14. The van der Waals surface area contributed by atoms with E-state index in [0.717, 1.165) is 11.8 Å². The molecule has 1 aromatic carbocycles. The summed E-state index contributed by atoms with van der Waals surface area (Å²) in [5, 5.41) is 12.4. The zero-order valence-corrected chi connectivity index (χ0v) is 16.9. The minimum atomic E-state index is -0.268. The van der Waals surface area contributed by atoms with Crippen molar-refractivity contribution < 1.29 is 14.4 Å². The lowest BCUT2D eigenvalue weighted by Crippen LogP contribution is -2.21. The predicted molar refractivity (Wildman–Crippen MR) is 108 cm³/mol. The van der Waals surface area contributed by atoms with E-state index < -0.39 is 0 Å². The average Bonchev–Trinajstić information content (AvgIpc) is 2.66. The summed E-state index contributed by atoms with van der Waals surface area (Å²) >= 11 is 1.13. The Kier molecular flexibility index (Phi) is 6.90. The average molecular weight is 396 g/mol. The van der Waals surface area contributed by atoms with Crippen molar-refractivity contribution in [3.63, 3.8) is 0 Å². The van der Waals surface area contributed by atoms with E-state index in [1.165, 1.54) is 17.9 Å². The summed E-state index contributed by atoms with van der Waals surface area (Å²) in [4.78, 5) is 41.4. The van der Waals surface area contributed by atoms with E-state index in [4.69, 9.17) is 0 Å². The van der Waals surface area contributed by atoms with Crippen molar-refractivity contribution in [2.45, 2.75) is 18.9 Å². The molecule has 2 amide bonds. The molecule has 0 aliphatic heterocycles. The van der Waals surface area contributed by atoms with Gasteiger partial charge in [-0.25, -0.2) is 4.98 Å². The van der Waals surface area contributed by atoms with Crippen LogP contribution in [0.3, 0.4) is 0 Å². The lowest BCUT2D eigenvalue weighted by molar-refractivity contribution is -0.113. The lowest BCUT2D eigenvalue weighted by atomic mass is 10.1. The van der Waals surface area contributed by atoms with Crippen LogP contribution in [0.5, 0.6) is 0 Å². The molecular weight excluding hydrogens is 376 g/mol. The fourth-order valence-corrected chi connectivity index (χ4v) is 3.22. The highest BCUT2D eigenvalue weighted by Crippen LogP contribution is 2.23. The van der Waals surface area contributed by atoms with Gasteiger partial charge < -0.3 is 10.2 Å². The first-order valence-electron chi connectivity index (χ1n) is 8.40. The standard InChI is InChI=1S/C20H20N4O3S/c1-12-17(13(2)25)9-15(10-21)19(22-12)28-11-18(26)23-16-7-5-14(6-8-16)20(27)24(3)4/h5-9H,11H2,1-4H3,(H,23,26). The van der Waals surface area contributed by atoms with Crippen molar-refractivity contribution >= 4 is 35.0 Å². The summed E-state index contributed by atoms with van der Waals surface area (Å²) in [6.07, 6.45) is 0. The fraction of sp³-hybridized carbons (Fsp3) is 0.250. The number of rotatable bonds is 6. The monoisotopic (exact) mass is 396 g/mol. The topological polar surface area (TPSA) is 103 Å². The van der Waals surface area contributed by atoms with Crippen LogP contribution < -0.4 is 5.32 Å². The van der Waals surface area contributed by atoms with E-state index in [0.29, 0.717) is 27.5 Å². The Bertz CT molecular complexity index is 963. The quantitative estimate of drug-likeness (QED) is 0.595. The molecule has 144 valence electrons. The number of ketones is 1. The first-order valence-corrected chi connectivity index (χ1v) is 9.38. The molecule has 28 heavy (non-hydrogen) atoms. The third kappa shape index (κ3) is 5.18. The van der Waals surface area contributed by atoms with E-state index in [2.05, 4.69) is 10.3 Å². The van der Waals surface area contributed by atoms with Crippen LogP contribution in [0, 0.1) is 18.3 Å². The van der Waals surface area contributed by atoms with Gasteiger partial charge in [-0.2, -0.15) is 5.26 Å². The Morgan fingerprint density at radius 1 is 1.21 bits per heavy atom. The van der Waals surface area contributed by atoms with Crippen LogP contribution in [-0.2, 0) is 4.79 Å². The summed E-state index contributed by atoms with van der Waals surface area (Å²) in [6.45, 7) is 3.11. The lowest BCUT2D eigenvalue weighted by Gasteiger charge is -2.11. The predicted octanol–water partition coefficient (Wildman–Crippen LogP) is 2.90. The first kappa shape index (κ1) is 21.1. The molecule has 0 fully saturated rings. The van der Waals surface area contributed by atoms with E-state index in [9.17, 15) is 19.6 Å². The number of hydrogen-bond donors (Lipinski definition) is 1. The summed E-state index contributed by atoms with van der Waals surface area (Å²) in [6, 6.07) is 10.1. The number of aromatic nitrogens is 1. The van der Waals surface area contributed by atoms with Crippen molar-refractivity contribution in [3.05, 3.63) is 52.7 Å². The third-order valence-corrected chi connectivity index (χ3v) is 4.83. The van der Waals surface area contributed by atoms with E-state index >= 15 is 0 Å². The maximum Gasteiger partial charge on any atom is 0.253 e. The number of nitriles is 1. The minimum Gasteiger partial charge on any atom is -0.345 e. The fourth-order valence-electron chi connectivity index (χ4n) is 2.42. The number of carbonyl (C=O) groups is 3. The molecule has 0 unspecified atom stereocenters. The molecule has 0 bridgehead atoms. The van der Waals surface area contributed by atoms with E-state index in [-0.39, 0.29) is 28.9 Å². The molecule has 0 atom stereocenters. The Hall–Kier alpha value is -3.18. The maximum absolute atomic E-state index is 12.2. The van der Waals surface area contributed by atoms with E-state index in [1.807, 2.05) is 6.07 Å². The van der Waals surface area contributed by atoms with Crippen LogP contribution in [-0.4, -0.2) is 47.3 Å². The van der Waals surface area contributed by atoms with Gasteiger partial charge in [0.15, 0.2) is 5.78 Å². The van der Waals surface area contributed by atoms with Crippen molar-refractivity contribution in [1.82, 2.24) is 9.88 Å². The molecule has 0 aliphatic rings. The highest BCUT2D eigenvalue weighted by atomic mass is 32.2. The van der Waals surface area contributed by atoms with Gasteiger partial charge in [-0.05, 0) is 44.2 Å². The molecule has 1 heterocycles. The van der Waals surface area contributed by atoms with Crippen molar-refractivity contribution in [3.8, 4) is 6.07 Å². The molecule has 0 radical (unpaired) electrons. The van der Waals surface area contributed by atoms with Crippen LogP contribution >= 0.6 is 11.8 Å². The van der Waals surface area contributed by atoms with Crippen LogP contribution in [0.1, 0.15) is 38.9 Å². The molecule has 0 saturated heterocycles. The molecule has 0 saturated carbocycles. The van der Waals surface area contributed by atoms with Crippen molar-refractivity contribution in [2.24, 2.45) is 0 Å². The number of anilines is 1. The summed E-state index contributed by atoms with van der Waals surface area (Å²) in [5.41, 5.74) is 2.28. The first-order chi connectivity index (χ1) is 13.2. The highest BCUT2D eigenvalue weighted by molar-refractivity contribution is 8.00. The Morgan fingerprint density at radius 3 is 2.39 bits per heavy atom. The zero-order chi connectivity index (χ0) is 20.8. The number of nitrogens with one attached hydrogen (secondary N) is 1. The van der Waals surface area contributed by atoms with Crippen LogP contribution in [0.15, 0.2) is 35.4 Å². The van der Waals surface area contributed by atoms with Crippen LogP contribution in [0.2, 0.25) is 0 Å². The van der Waals surface area contributed by atoms with Gasteiger partial charge in [0.2, 0.25) is 5.91 Å². The molecule has 2 rings (SSSR count). The number of pyridine rings is 1. The van der Waals surface area contributed by atoms with Crippen LogP contribution in [0.25, 0.3) is 0 Å². The second-order valence-corrected chi connectivity index (χ2v) is 7.22. The van der Waals surface area contributed by atoms with Crippen molar-refractivity contribution in [1.29, 1.82) is 5.26 Å². The number of nitrogens with zero attached hydrogens (tertiary/aromatic N) is 3. The molecule has 0 aliphatic carbocycles.